The van der Waals surface area contributed by atoms with Gasteiger partial charge >= 0.3 is 0 Å². The highest BCUT2D eigenvalue weighted by atomic mass is 35.5. The average Bonchev–Trinajstić information content (AvgIpc) is 2.45. The molecule has 1 N–H and O–H groups in total. The number of pyridine rings is 1. The number of aromatic nitrogens is 1. The highest BCUT2D eigenvalue weighted by Gasteiger charge is 2.05. The second-order valence-corrected chi connectivity index (χ2v) is 4.91. The first-order chi connectivity index (χ1) is 10.1. The van der Waals surface area contributed by atoms with Gasteiger partial charge < -0.3 is 14.6 Å². The van der Waals surface area contributed by atoms with Gasteiger partial charge in [-0.3, -0.25) is 9.59 Å². The highest BCUT2D eigenvalue weighted by Crippen LogP contribution is 2.15. The van der Waals surface area contributed by atoms with Gasteiger partial charge in [-0.15, -0.1) is 0 Å². The molecule has 2 aromatic rings. The molecule has 0 unspecified atom stereocenters. The summed E-state index contributed by atoms with van der Waals surface area (Å²) in [6.45, 7) is 0.175. The number of nitrogens with one attached hydrogen (secondary N) is 1. The van der Waals surface area contributed by atoms with E-state index >= 15 is 0 Å². The number of amides is 1. The molecule has 0 aliphatic rings. The second-order valence-electron chi connectivity index (χ2n) is 4.50. The van der Waals surface area contributed by atoms with Gasteiger partial charge in [0.2, 0.25) is 11.5 Å². The van der Waals surface area contributed by atoms with Crippen LogP contribution in [0.3, 0.4) is 0 Å². The van der Waals surface area contributed by atoms with Crippen molar-refractivity contribution < 1.29 is 9.53 Å². The lowest BCUT2D eigenvalue weighted by Gasteiger charge is -2.08. The van der Waals surface area contributed by atoms with Gasteiger partial charge in [0.25, 0.3) is 0 Å². The van der Waals surface area contributed by atoms with Crippen molar-refractivity contribution in [1.29, 1.82) is 0 Å². The summed E-state index contributed by atoms with van der Waals surface area (Å²) < 4.78 is 6.71. The number of nitrogens with zero attached hydrogens (tertiary/aromatic N) is 1. The van der Waals surface area contributed by atoms with E-state index < -0.39 is 0 Å². The van der Waals surface area contributed by atoms with Crippen LogP contribution in [0.15, 0.2) is 47.4 Å². The van der Waals surface area contributed by atoms with E-state index in [0.717, 1.165) is 5.56 Å². The largest absolute Gasteiger partial charge is 0.367 e. The Balaban J connectivity index is 1.84. The Morgan fingerprint density at radius 3 is 2.76 bits per heavy atom. The molecule has 0 saturated heterocycles. The van der Waals surface area contributed by atoms with E-state index in [9.17, 15) is 9.59 Å². The molecule has 110 valence electrons. The fourth-order valence-electron chi connectivity index (χ4n) is 1.73. The van der Waals surface area contributed by atoms with Crippen molar-refractivity contribution in [2.24, 2.45) is 7.05 Å². The standard InChI is InChI=1S/C15H15ClN2O3/c1-18-8-12(6-7-15(18)20)17-14(19)10-21-9-11-4-2-3-5-13(11)16/h2-8H,9-10H2,1H3,(H,17,19). The number of halogens is 1. The average molecular weight is 307 g/mol. The van der Waals surface area contributed by atoms with Gasteiger partial charge in [0.05, 0.1) is 12.3 Å². The quantitative estimate of drug-likeness (QED) is 0.921. The maximum Gasteiger partial charge on any atom is 0.250 e. The zero-order valence-corrected chi connectivity index (χ0v) is 12.3. The molecule has 0 radical (unpaired) electrons. The molecule has 2 rings (SSSR count). The third kappa shape index (κ3) is 4.44. The van der Waals surface area contributed by atoms with Crippen LogP contribution in [0.4, 0.5) is 5.69 Å². The maximum absolute atomic E-state index is 11.7. The Morgan fingerprint density at radius 1 is 1.29 bits per heavy atom. The van der Waals surface area contributed by atoms with Crippen molar-refractivity contribution in [3.05, 3.63) is 63.5 Å². The molecule has 5 nitrogen and oxygen atoms in total. The molecule has 0 aliphatic carbocycles. The smallest absolute Gasteiger partial charge is 0.250 e. The van der Waals surface area contributed by atoms with Crippen LogP contribution in [0.5, 0.6) is 0 Å². The van der Waals surface area contributed by atoms with E-state index in [1.807, 2.05) is 18.2 Å². The molecular formula is C15H15ClN2O3. The molecular weight excluding hydrogens is 292 g/mol. The summed E-state index contributed by atoms with van der Waals surface area (Å²) in [6, 6.07) is 10.2. The second kappa shape index (κ2) is 7.06. The summed E-state index contributed by atoms with van der Waals surface area (Å²) in [5, 5.41) is 3.26. The summed E-state index contributed by atoms with van der Waals surface area (Å²) in [5.41, 5.74) is 1.24. The van der Waals surface area contributed by atoms with Crippen LogP contribution in [0, 0.1) is 0 Å². The number of hydrogen-bond donors (Lipinski definition) is 1. The molecule has 1 aromatic heterocycles. The zero-order chi connectivity index (χ0) is 15.2. The lowest BCUT2D eigenvalue weighted by Crippen LogP contribution is -2.21. The topological polar surface area (TPSA) is 60.3 Å². The monoisotopic (exact) mass is 306 g/mol. The molecule has 0 spiro atoms. The van der Waals surface area contributed by atoms with Crippen molar-refractivity contribution in [1.82, 2.24) is 4.57 Å². The van der Waals surface area contributed by atoms with Gasteiger partial charge in [-0.05, 0) is 17.7 Å². The predicted octanol–water partition coefficient (Wildman–Crippen LogP) is 2.19. The Kier molecular flexibility index (Phi) is 5.14. The normalized spacial score (nSPS) is 10.4. The van der Waals surface area contributed by atoms with Gasteiger partial charge in [0, 0.05) is 24.3 Å². The Hall–Kier alpha value is -2.11. The lowest BCUT2D eigenvalue weighted by atomic mass is 10.2. The van der Waals surface area contributed by atoms with Crippen molar-refractivity contribution in [2.75, 3.05) is 11.9 Å². The molecule has 1 aromatic carbocycles. The Bertz CT molecular complexity index is 697. The third-order valence-electron chi connectivity index (χ3n) is 2.82. The first-order valence-electron chi connectivity index (χ1n) is 6.34. The third-order valence-corrected chi connectivity index (χ3v) is 3.19. The van der Waals surface area contributed by atoms with Gasteiger partial charge in [0.15, 0.2) is 0 Å². The number of hydrogen-bond acceptors (Lipinski definition) is 3. The minimum absolute atomic E-state index is 0.0892. The van der Waals surface area contributed by atoms with E-state index in [1.54, 1.807) is 25.4 Å². The van der Waals surface area contributed by atoms with Crippen LogP contribution in [0.2, 0.25) is 5.02 Å². The minimum atomic E-state index is -0.291. The molecule has 0 saturated carbocycles. The molecule has 0 fully saturated rings. The fourth-order valence-corrected chi connectivity index (χ4v) is 1.92. The first-order valence-corrected chi connectivity index (χ1v) is 6.72. The zero-order valence-electron chi connectivity index (χ0n) is 11.5. The van der Waals surface area contributed by atoms with E-state index in [0.29, 0.717) is 10.7 Å². The summed E-state index contributed by atoms with van der Waals surface area (Å²) in [5.74, 6) is -0.291. The molecule has 1 amide bonds. The maximum atomic E-state index is 11.7. The van der Waals surface area contributed by atoms with E-state index in [-0.39, 0.29) is 24.7 Å². The number of anilines is 1. The number of rotatable bonds is 5. The number of ether oxygens (including phenoxy) is 1. The van der Waals surface area contributed by atoms with E-state index in [1.165, 1.54) is 10.6 Å². The summed E-state index contributed by atoms with van der Waals surface area (Å²) in [4.78, 5) is 23.0. The fraction of sp³-hybridized carbons (Fsp3) is 0.200. The molecule has 21 heavy (non-hydrogen) atoms. The molecule has 0 atom stereocenters. The van der Waals surface area contributed by atoms with Gasteiger partial charge in [0.1, 0.15) is 6.61 Å². The van der Waals surface area contributed by atoms with Crippen LogP contribution in [-0.2, 0) is 23.2 Å². The van der Waals surface area contributed by atoms with Crippen molar-refractivity contribution in [2.45, 2.75) is 6.61 Å². The number of carbonyl (C=O) groups excluding carboxylic acids is 1. The summed E-state index contributed by atoms with van der Waals surface area (Å²) in [6.07, 6.45) is 1.55. The predicted molar refractivity (Wildman–Crippen MR) is 81.4 cm³/mol. The molecule has 6 heteroatoms. The van der Waals surface area contributed by atoms with Crippen molar-refractivity contribution >= 4 is 23.2 Å². The van der Waals surface area contributed by atoms with Gasteiger partial charge in [-0.1, -0.05) is 29.8 Å². The van der Waals surface area contributed by atoms with Crippen molar-refractivity contribution in [3.8, 4) is 0 Å². The van der Waals surface area contributed by atoms with Crippen LogP contribution in [0.1, 0.15) is 5.56 Å². The summed E-state index contributed by atoms with van der Waals surface area (Å²) in [7, 11) is 1.62. The Morgan fingerprint density at radius 2 is 2.05 bits per heavy atom. The van der Waals surface area contributed by atoms with E-state index in [4.69, 9.17) is 16.3 Å². The van der Waals surface area contributed by atoms with Crippen LogP contribution < -0.4 is 10.9 Å². The van der Waals surface area contributed by atoms with Crippen LogP contribution >= 0.6 is 11.6 Å². The SMILES string of the molecule is Cn1cc(NC(=O)COCc2ccccc2Cl)ccc1=O. The lowest BCUT2D eigenvalue weighted by molar-refractivity contribution is -0.121. The van der Waals surface area contributed by atoms with Gasteiger partial charge in [-0.2, -0.15) is 0 Å². The number of aryl methyl sites for hydroxylation is 1. The van der Waals surface area contributed by atoms with Crippen molar-refractivity contribution in [3.63, 3.8) is 0 Å². The number of benzene rings is 1. The minimum Gasteiger partial charge on any atom is -0.367 e. The highest BCUT2D eigenvalue weighted by molar-refractivity contribution is 6.31. The number of carbonyl (C=O) groups is 1. The van der Waals surface area contributed by atoms with Gasteiger partial charge in [-0.25, -0.2) is 0 Å². The van der Waals surface area contributed by atoms with E-state index in [2.05, 4.69) is 5.32 Å². The molecule has 0 aliphatic heterocycles. The van der Waals surface area contributed by atoms with Crippen LogP contribution in [0.25, 0.3) is 0 Å². The van der Waals surface area contributed by atoms with Crippen LogP contribution in [-0.4, -0.2) is 17.1 Å². The molecule has 1 heterocycles. The first kappa shape index (κ1) is 15.3. The Labute approximate surface area is 127 Å². The molecule has 0 bridgehead atoms. The summed E-state index contributed by atoms with van der Waals surface area (Å²) >= 11 is 5.99.